The molecule has 0 aromatic heterocycles. The van der Waals surface area contributed by atoms with Gasteiger partial charge in [0.05, 0.1) is 11.1 Å². The minimum Gasteiger partial charge on any atom is -0.507 e. The molecule has 0 aliphatic rings. The van der Waals surface area contributed by atoms with Crippen molar-refractivity contribution in [2.75, 3.05) is 6.61 Å². The van der Waals surface area contributed by atoms with Crippen LogP contribution in [0.4, 0.5) is 5.69 Å². The lowest BCUT2D eigenvalue weighted by atomic mass is 10.2. The van der Waals surface area contributed by atoms with Crippen molar-refractivity contribution < 1.29 is 19.6 Å². The van der Waals surface area contributed by atoms with Crippen molar-refractivity contribution in [2.45, 2.75) is 0 Å². The molecule has 0 saturated carbocycles. The van der Waals surface area contributed by atoms with Crippen LogP contribution >= 0.6 is 0 Å². The molecule has 0 aliphatic carbocycles. The summed E-state index contributed by atoms with van der Waals surface area (Å²) in [6.07, 6.45) is 2.74. The van der Waals surface area contributed by atoms with Crippen LogP contribution in [0, 0.1) is 10.1 Å². The van der Waals surface area contributed by atoms with Crippen LogP contribution in [0.25, 0.3) is 0 Å². The van der Waals surface area contributed by atoms with Crippen LogP contribution in [-0.4, -0.2) is 28.8 Å². The summed E-state index contributed by atoms with van der Waals surface area (Å²) in [5.74, 6) is -0.0646. The number of phenols is 1. The van der Waals surface area contributed by atoms with Gasteiger partial charge >= 0.3 is 0 Å². The highest BCUT2D eigenvalue weighted by atomic mass is 16.6. The molecule has 0 radical (unpaired) electrons. The zero-order valence-corrected chi connectivity index (χ0v) is 13.1. The lowest BCUT2D eigenvalue weighted by Gasteiger charge is -2.04. The van der Waals surface area contributed by atoms with E-state index < -0.39 is 10.8 Å². The first-order chi connectivity index (χ1) is 12.0. The first-order valence-corrected chi connectivity index (χ1v) is 7.16. The standard InChI is InChI=1S/C17H15N3O5/c1-2-9-25-15-6-3-12(4-7-15)17(22)19-18-11-13-10-14(20(23)24)5-8-16(13)21/h2-8,10-11,21H,1,9H2,(H,19,22). The number of hydrogen-bond donors (Lipinski definition) is 2. The molecule has 8 nitrogen and oxygen atoms in total. The maximum atomic E-state index is 12.0. The first kappa shape index (κ1) is 17.7. The molecule has 1 amide bonds. The topological polar surface area (TPSA) is 114 Å². The number of ether oxygens (including phenoxy) is 1. The maximum absolute atomic E-state index is 12.0. The quantitative estimate of drug-likeness (QED) is 0.348. The van der Waals surface area contributed by atoms with Crippen molar-refractivity contribution in [3.8, 4) is 11.5 Å². The fraction of sp³-hybridized carbons (Fsp3) is 0.0588. The molecule has 0 heterocycles. The van der Waals surface area contributed by atoms with Gasteiger partial charge in [0.2, 0.25) is 0 Å². The molecule has 0 unspecified atom stereocenters. The zero-order chi connectivity index (χ0) is 18.2. The third kappa shape index (κ3) is 4.90. The first-order valence-electron chi connectivity index (χ1n) is 7.16. The predicted molar refractivity (Wildman–Crippen MR) is 92.0 cm³/mol. The van der Waals surface area contributed by atoms with Gasteiger partial charge < -0.3 is 9.84 Å². The second kappa shape index (κ2) is 8.25. The van der Waals surface area contributed by atoms with E-state index in [1.54, 1.807) is 30.3 Å². The van der Waals surface area contributed by atoms with Gasteiger partial charge in [0.25, 0.3) is 11.6 Å². The highest BCUT2D eigenvalue weighted by molar-refractivity contribution is 5.95. The molecule has 0 bridgehead atoms. The Morgan fingerprint density at radius 3 is 2.68 bits per heavy atom. The smallest absolute Gasteiger partial charge is 0.271 e. The molecular formula is C17H15N3O5. The van der Waals surface area contributed by atoms with Gasteiger partial charge in [-0.15, -0.1) is 0 Å². The monoisotopic (exact) mass is 341 g/mol. The maximum Gasteiger partial charge on any atom is 0.271 e. The molecule has 2 N–H and O–H groups in total. The number of carbonyl (C=O) groups excluding carboxylic acids is 1. The molecule has 2 aromatic carbocycles. The number of hydrogen-bond acceptors (Lipinski definition) is 6. The number of carbonyl (C=O) groups is 1. The Balaban J connectivity index is 2.02. The molecule has 0 spiro atoms. The zero-order valence-electron chi connectivity index (χ0n) is 13.1. The second-order valence-corrected chi connectivity index (χ2v) is 4.82. The van der Waals surface area contributed by atoms with E-state index in [2.05, 4.69) is 17.1 Å². The number of nitrogens with one attached hydrogen (secondary N) is 1. The summed E-state index contributed by atoms with van der Waals surface area (Å²) >= 11 is 0. The summed E-state index contributed by atoms with van der Waals surface area (Å²) in [6.45, 7) is 3.90. The average molecular weight is 341 g/mol. The minimum atomic E-state index is -0.592. The Kier molecular flexibility index (Phi) is 5.83. The van der Waals surface area contributed by atoms with Crippen LogP contribution in [0.1, 0.15) is 15.9 Å². The van der Waals surface area contributed by atoms with Crippen LogP contribution in [0.2, 0.25) is 0 Å². The van der Waals surface area contributed by atoms with Gasteiger partial charge in [-0.25, -0.2) is 5.43 Å². The van der Waals surface area contributed by atoms with Gasteiger partial charge in [0.15, 0.2) is 0 Å². The van der Waals surface area contributed by atoms with Crippen LogP contribution < -0.4 is 10.2 Å². The summed E-state index contributed by atoms with van der Waals surface area (Å²) in [5, 5.41) is 24.1. The molecule has 2 rings (SSSR count). The van der Waals surface area contributed by atoms with E-state index in [0.717, 1.165) is 12.3 Å². The van der Waals surface area contributed by atoms with Crippen molar-refractivity contribution >= 4 is 17.8 Å². The fourth-order valence-electron chi connectivity index (χ4n) is 1.84. The van der Waals surface area contributed by atoms with Gasteiger partial charge in [-0.3, -0.25) is 14.9 Å². The van der Waals surface area contributed by atoms with Crippen LogP contribution in [0.3, 0.4) is 0 Å². The molecule has 0 aliphatic heterocycles. The fourth-order valence-corrected chi connectivity index (χ4v) is 1.84. The summed E-state index contributed by atoms with van der Waals surface area (Å²) in [4.78, 5) is 22.1. The number of aromatic hydroxyl groups is 1. The minimum absolute atomic E-state index is 0.114. The van der Waals surface area contributed by atoms with Gasteiger partial charge in [-0.05, 0) is 30.3 Å². The SMILES string of the molecule is C=CCOc1ccc(C(=O)NN=Cc2cc([N+](=O)[O-])ccc2O)cc1. The normalized spacial score (nSPS) is 10.4. The number of nitro benzene ring substituents is 1. The average Bonchev–Trinajstić information content (AvgIpc) is 2.61. The number of hydrazone groups is 1. The van der Waals surface area contributed by atoms with Crippen molar-refractivity contribution in [3.05, 3.63) is 76.4 Å². The molecule has 2 aromatic rings. The van der Waals surface area contributed by atoms with Crippen molar-refractivity contribution in [1.82, 2.24) is 5.43 Å². The van der Waals surface area contributed by atoms with E-state index in [0.29, 0.717) is 17.9 Å². The number of rotatable bonds is 7. The van der Waals surface area contributed by atoms with Crippen LogP contribution in [0.15, 0.2) is 60.2 Å². The van der Waals surface area contributed by atoms with Crippen LogP contribution in [0.5, 0.6) is 11.5 Å². The van der Waals surface area contributed by atoms with E-state index in [1.807, 2.05) is 0 Å². The van der Waals surface area contributed by atoms with Crippen molar-refractivity contribution in [3.63, 3.8) is 0 Å². The van der Waals surface area contributed by atoms with E-state index in [4.69, 9.17) is 4.74 Å². The Hall–Kier alpha value is -3.68. The van der Waals surface area contributed by atoms with Gasteiger partial charge in [-0.1, -0.05) is 12.7 Å². The van der Waals surface area contributed by atoms with Crippen LogP contribution in [-0.2, 0) is 0 Å². The third-order valence-corrected chi connectivity index (χ3v) is 3.08. The number of nitro groups is 1. The number of phenolic OH excluding ortho intramolecular Hbond substituents is 1. The van der Waals surface area contributed by atoms with Crippen molar-refractivity contribution in [1.29, 1.82) is 0 Å². The Bertz CT molecular complexity index is 816. The number of amides is 1. The Morgan fingerprint density at radius 1 is 1.32 bits per heavy atom. The molecule has 0 atom stereocenters. The second-order valence-electron chi connectivity index (χ2n) is 4.82. The van der Waals surface area contributed by atoms with Gasteiger partial charge in [0, 0.05) is 23.3 Å². The Labute approximate surface area is 143 Å². The lowest BCUT2D eigenvalue weighted by Crippen LogP contribution is -2.17. The van der Waals surface area contributed by atoms with E-state index >= 15 is 0 Å². The summed E-state index contributed by atoms with van der Waals surface area (Å²) < 4.78 is 5.31. The molecule has 0 fully saturated rings. The van der Waals surface area contributed by atoms with E-state index in [-0.39, 0.29) is 17.0 Å². The Morgan fingerprint density at radius 2 is 2.04 bits per heavy atom. The molecule has 8 heteroatoms. The largest absolute Gasteiger partial charge is 0.507 e. The number of nitrogens with zero attached hydrogens (tertiary/aromatic N) is 2. The molecular weight excluding hydrogens is 326 g/mol. The highest BCUT2D eigenvalue weighted by Crippen LogP contribution is 2.21. The highest BCUT2D eigenvalue weighted by Gasteiger charge is 2.09. The summed E-state index contributed by atoms with van der Waals surface area (Å²) in [7, 11) is 0. The molecule has 128 valence electrons. The predicted octanol–water partition coefficient (Wildman–Crippen LogP) is 2.63. The lowest BCUT2D eigenvalue weighted by molar-refractivity contribution is -0.384. The number of non-ortho nitro benzene ring substituents is 1. The van der Waals surface area contributed by atoms with E-state index in [9.17, 15) is 20.0 Å². The molecule has 25 heavy (non-hydrogen) atoms. The van der Waals surface area contributed by atoms with Crippen molar-refractivity contribution in [2.24, 2.45) is 5.10 Å². The van der Waals surface area contributed by atoms with E-state index in [1.165, 1.54) is 12.1 Å². The summed E-state index contributed by atoms with van der Waals surface area (Å²) in [6, 6.07) is 9.90. The number of benzene rings is 2. The summed E-state index contributed by atoms with van der Waals surface area (Å²) in [5.41, 5.74) is 2.55. The van der Waals surface area contributed by atoms with Gasteiger partial charge in [0.1, 0.15) is 18.1 Å². The third-order valence-electron chi connectivity index (χ3n) is 3.08. The van der Waals surface area contributed by atoms with Gasteiger partial charge in [-0.2, -0.15) is 5.10 Å². The molecule has 0 saturated heterocycles.